The summed E-state index contributed by atoms with van der Waals surface area (Å²) in [5.74, 6) is 0.117. The largest absolute Gasteiger partial charge is 0.328 e. The van der Waals surface area contributed by atoms with Crippen molar-refractivity contribution in [1.82, 2.24) is 4.90 Å². The predicted molar refractivity (Wildman–Crippen MR) is 98.5 cm³/mol. The Balaban J connectivity index is 1.48. The maximum Gasteiger partial charge on any atom is 0.246 e. The molecule has 23 heavy (non-hydrogen) atoms. The number of carbonyl (C=O) groups is 1. The van der Waals surface area contributed by atoms with Gasteiger partial charge in [0.2, 0.25) is 5.91 Å². The van der Waals surface area contributed by atoms with Gasteiger partial charge in [0.05, 0.1) is 34.8 Å². The Morgan fingerprint density at radius 1 is 1.17 bits per heavy atom. The summed E-state index contributed by atoms with van der Waals surface area (Å²) >= 11 is 5.31. The number of piperazine rings is 1. The normalized spacial score (nSPS) is 16.1. The van der Waals surface area contributed by atoms with Crippen LogP contribution >= 0.6 is 27.3 Å². The highest BCUT2D eigenvalue weighted by atomic mass is 79.9. The molecule has 1 aliphatic heterocycles. The van der Waals surface area contributed by atoms with E-state index in [1.165, 1.54) is 8.66 Å². The minimum atomic E-state index is 0.117. The highest BCUT2D eigenvalue weighted by Gasteiger charge is 2.22. The van der Waals surface area contributed by atoms with Crippen LogP contribution in [0.3, 0.4) is 0 Å². The smallest absolute Gasteiger partial charge is 0.246 e. The lowest BCUT2D eigenvalue weighted by Gasteiger charge is -2.31. The molecule has 3 rings (SSSR count). The molecule has 0 bridgehead atoms. The van der Waals surface area contributed by atoms with Gasteiger partial charge in [-0.05, 0) is 39.7 Å². The molecule has 0 spiro atoms. The van der Waals surface area contributed by atoms with Crippen LogP contribution < -0.4 is 4.90 Å². The van der Waals surface area contributed by atoms with E-state index in [0.29, 0.717) is 0 Å². The predicted octanol–water partition coefficient (Wildman–Crippen LogP) is 2.45. The number of halogens is 1. The number of thiophene rings is 1. The van der Waals surface area contributed by atoms with Gasteiger partial charge in [-0.1, -0.05) is 30.3 Å². The number of hydrogen-bond acceptors (Lipinski definition) is 2. The van der Waals surface area contributed by atoms with Crippen molar-refractivity contribution < 1.29 is 9.69 Å². The molecule has 3 nitrogen and oxygen atoms in total. The van der Waals surface area contributed by atoms with E-state index in [-0.39, 0.29) is 5.91 Å². The monoisotopic (exact) mass is 391 g/mol. The molecule has 0 atom stereocenters. The molecule has 1 amide bonds. The van der Waals surface area contributed by atoms with Gasteiger partial charge >= 0.3 is 0 Å². The zero-order valence-electron chi connectivity index (χ0n) is 12.9. The van der Waals surface area contributed by atoms with Crippen molar-refractivity contribution in [2.75, 3.05) is 26.2 Å². The molecule has 0 unspecified atom stereocenters. The lowest BCUT2D eigenvalue weighted by molar-refractivity contribution is -0.917. The molecule has 5 heteroatoms. The highest BCUT2D eigenvalue weighted by Crippen LogP contribution is 2.21. The Morgan fingerprint density at radius 3 is 2.57 bits per heavy atom. The number of nitrogens with one attached hydrogen (secondary N) is 1. The topological polar surface area (TPSA) is 24.8 Å². The van der Waals surface area contributed by atoms with E-state index in [1.54, 1.807) is 22.3 Å². The summed E-state index contributed by atoms with van der Waals surface area (Å²) in [7, 11) is 0. The van der Waals surface area contributed by atoms with Crippen molar-refractivity contribution in [3.8, 4) is 0 Å². The maximum atomic E-state index is 12.3. The van der Waals surface area contributed by atoms with Gasteiger partial charge in [-0.2, -0.15) is 0 Å². The first-order valence-electron chi connectivity index (χ1n) is 7.80. The molecular weight excluding hydrogens is 372 g/mol. The summed E-state index contributed by atoms with van der Waals surface area (Å²) in [4.78, 5) is 17.2. The van der Waals surface area contributed by atoms with Crippen molar-refractivity contribution in [2.45, 2.75) is 6.54 Å². The molecule has 1 fully saturated rings. The van der Waals surface area contributed by atoms with Crippen molar-refractivity contribution in [3.63, 3.8) is 0 Å². The minimum absolute atomic E-state index is 0.117. The second-order valence-electron chi connectivity index (χ2n) is 5.70. The highest BCUT2D eigenvalue weighted by molar-refractivity contribution is 9.11. The van der Waals surface area contributed by atoms with E-state index in [1.807, 2.05) is 41.3 Å². The van der Waals surface area contributed by atoms with Crippen LogP contribution in [0.25, 0.3) is 6.08 Å². The molecule has 2 heterocycles. The van der Waals surface area contributed by atoms with Crippen LogP contribution in [-0.2, 0) is 11.3 Å². The van der Waals surface area contributed by atoms with E-state index >= 15 is 0 Å². The van der Waals surface area contributed by atoms with E-state index in [0.717, 1.165) is 38.3 Å². The second kappa shape index (κ2) is 7.90. The standard InChI is InChI=1S/C18H19BrN2OS/c19-17-8-7-16(23-17)14-20-10-12-21(13-11-20)18(22)9-6-15-4-2-1-3-5-15/h1-9H,10-14H2/p+1/b9-6+. The Bertz CT molecular complexity index is 675. The van der Waals surface area contributed by atoms with E-state index in [9.17, 15) is 4.79 Å². The van der Waals surface area contributed by atoms with E-state index < -0.39 is 0 Å². The first kappa shape index (κ1) is 16.4. The van der Waals surface area contributed by atoms with Gasteiger partial charge in [0.15, 0.2) is 0 Å². The molecule has 0 aliphatic carbocycles. The number of rotatable bonds is 4. The number of quaternary nitrogens is 1. The van der Waals surface area contributed by atoms with Crippen LogP contribution in [0.15, 0.2) is 52.3 Å². The Kier molecular flexibility index (Phi) is 5.65. The van der Waals surface area contributed by atoms with Gasteiger partial charge in [-0.3, -0.25) is 4.79 Å². The fourth-order valence-corrected chi connectivity index (χ4v) is 4.31. The number of nitrogens with zero attached hydrogens (tertiary/aromatic N) is 1. The number of amides is 1. The van der Waals surface area contributed by atoms with Gasteiger partial charge < -0.3 is 9.80 Å². The van der Waals surface area contributed by atoms with Gasteiger partial charge in [0.25, 0.3) is 0 Å². The van der Waals surface area contributed by atoms with Crippen molar-refractivity contribution in [2.24, 2.45) is 0 Å². The van der Waals surface area contributed by atoms with Gasteiger partial charge in [-0.25, -0.2) is 0 Å². The molecule has 1 N–H and O–H groups in total. The van der Waals surface area contributed by atoms with Crippen LogP contribution in [0.4, 0.5) is 0 Å². The van der Waals surface area contributed by atoms with E-state index in [2.05, 4.69) is 28.1 Å². The molecular formula is C18H20BrN2OS+. The first-order chi connectivity index (χ1) is 11.2. The van der Waals surface area contributed by atoms with Crippen LogP contribution in [0.2, 0.25) is 0 Å². The summed E-state index contributed by atoms with van der Waals surface area (Å²) in [6, 6.07) is 14.2. The summed E-state index contributed by atoms with van der Waals surface area (Å²) in [5, 5.41) is 0. The third-order valence-electron chi connectivity index (χ3n) is 4.05. The van der Waals surface area contributed by atoms with Crippen molar-refractivity contribution >= 4 is 39.2 Å². The summed E-state index contributed by atoms with van der Waals surface area (Å²) in [5.41, 5.74) is 1.06. The zero-order chi connectivity index (χ0) is 16.1. The quantitative estimate of drug-likeness (QED) is 0.795. The SMILES string of the molecule is O=C(/C=C/c1ccccc1)N1CC[NH+](Cc2ccc(Br)s2)CC1. The molecule has 0 saturated carbocycles. The molecule has 1 saturated heterocycles. The fourth-order valence-electron chi connectivity index (χ4n) is 2.75. The number of carbonyl (C=O) groups excluding carboxylic acids is 1. The average Bonchev–Trinajstić information content (AvgIpc) is 2.99. The molecule has 1 aliphatic rings. The number of benzene rings is 1. The van der Waals surface area contributed by atoms with Gasteiger partial charge in [0.1, 0.15) is 6.54 Å². The lowest BCUT2D eigenvalue weighted by atomic mass is 10.2. The summed E-state index contributed by atoms with van der Waals surface area (Å²) in [6.45, 7) is 4.75. The Morgan fingerprint density at radius 2 is 1.91 bits per heavy atom. The Labute approximate surface area is 149 Å². The molecule has 1 aromatic heterocycles. The summed E-state index contributed by atoms with van der Waals surface area (Å²) < 4.78 is 1.19. The van der Waals surface area contributed by atoms with Crippen molar-refractivity contribution in [3.05, 3.63) is 62.8 Å². The molecule has 120 valence electrons. The third kappa shape index (κ3) is 4.77. The third-order valence-corrected chi connectivity index (χ3v) is 5.68. The van der Waals surface area contributed by atoms with Crippen LogP contribution in [0.1, 0.15) is 10.4 Å². The van der Waals surface area contributed by atoms with E-state index in [4.69, 9.17) is 0 Å². The molecule has 1 aromatic carbocycles. The fraction of sp³-hybridized carbons (Fsp3) is 0.278. The van der Waals surface area contributed by atoms with Gasteiger partial charge in [-0.15, -0.1) is 11.3 Å². The van der Waals surface area contributed by atoms with Gasteiger partial charge in [0, 0.05) is 6.08 Å². The van der Waals surface area contributed by atoms with Crippen LogP contribution in [0.5, 0.6) is 0 Å². The molecule has 0 radical (unpaired) electrons. The zero-order valence-corrected chi connectivity index (χ0v) is 15.3. The van der Waals surface area contributed by atoms with Crippen molar-refractivity contribution in [1.29, 1.82) is 0 Å². The maximum absolute atomic E-state index is 12.3. The lowest BCUT2D eigenvalue weighted by Crippen LogP contribution is -3.13. The van der Waals surface area contributed by atoms with Crippen LogP contribution in [-0.4, -0.2) is 37.0 Å². The number of hydrogen-bond donors (Lipinski definition) is 1. The minimum Gasteiger partial charge on any atom is -0.328 e. The average molecular weight is 392 g/mol. The Hall–Kier alpha value is -1.43. The molecule has 2 aromatic rings. The second-order valence-corrected chi connectivity index (χ2v) is 8.25. The van der Waals surface area contributed by atoms with Crippen LogP contribution in [0, 0.1) is 0 Å². The summed E-state index contributed by atoms with van der Waals surface area (Å²) in [6.07, 6.45) is 3.58. The first-order valence-corrected chi connectivity index (χ1v) is 9.41.